The summed E-state index contributed by atoms with van der Waals surface area (Å²) in [7, 11) is 1.33. The second-order valence-corrected chi connectivity index (χ2v) is 5.34. The first-order chi connectivity index (χ1) is 8.95. The topological polar surface area (TPSA) is 59.5 Å². The van der Waals surface area contributed by atoms with Gasteiger partial charge in [0.1, 0.15) is 5.82 Å². The molecule has 5 heteroatoms. The van der Waals surface area contributed by atoms with Gasteiger partial charge in [-0.1, -0.05) is 13.8 Å². The Bertz CT molecular complexity index is 494. The second-order valence-electron chi connectivity index (χ2n) is 5.34. The molecule has 1 amide bonds. The maximum absolute atomic E-state index is 12.3. The molecule has 0 aliphatic carbocycles. The number of carbonyl (C=O) groups excluding carboxylic acids is 2. The van der Waals surface area contributed by atoms with Gasteiger partial charge < -0.3 is 4.74 Å². The lowest BCUT2D eigenvalue weighted by Gasteiger charge is -2.36. The highest BCUT2D eigenvalue weighted by atomic mass is 16.5. The van der Waals surface area contributed by atoms with Crippen molar-refractivity contribution in [3.05, 3.63) is 23.9 Å². The van der Waals surface area contributed by atoms with Crippen LogP contribution < -0.4 is 4.90 Å². The molecule has 1 aromatic heterocycles. The van der Waals surface area contributed by atoms with Crippen molar-refractivity contribution in [2.24, 2.45) is 5.41 Å². The molecule has 1 aliphatic rings. The molecule has 102 valence electrons. The number of amides is 1. The van der Waals surface area contributed by atoms with Gasteiger partial charge in [0.2, 0.25) is 5.91 Å². The number of aromatic nitrogens is 1. The quantitative estimate of drug-likeness (QED) is 0.765. The van der Waals surface area contributed by atoms with E-state index >= 15 is 0 Å². The zero-order chi connectivity index (χ0) is 14.0. The molecule has 0 radical (unpaired) electrons. The first-order valence-corrected chi connectivity index (χ1v) is 6.32. The highest BCUT2D eigenvalue weighted by Crippen LogP contribution is 2.32. The van der Waals surface area contributed by atoms with Gasteiger partial charge in [0.25, 0.3) is 0 Å². The van der Waals surface area contributed by atoms with Crippen molar-refractivity contribution in [2.75, 3.05) is 18.6 Å². The molecule has 0 bridgehead atoms. The van der Waals surface area contributed by atoms with Crippen molar-refractivity contribution in [1.82, 2.24) is 4.98 Å². The number of anilines is 1. The minimum Gasteiger partial charge on any atom is -0.465 e. The van der Waals surface area contributed by atoms with Gasteiger partial charge in [0.05, 0.1) is 12.7 Å². The standard InChI is InChI=1S/C14H18N2O3/c1-14(2)7-4-8-16(13(14)18)11-6-5-10(9-15-11)12(17)19-3/h5-6,9H,4,7-8H2,1-3H3. The molecule has 0 atom stereocenters. The van der Waals surface area contributed by atoms with Crippen LogP contribution >= 0.6 is 0 Å². The number of ether oxygens (including phenoxy) is 1. The van der Waals surface area contributed by atoms with Gasteiger partial charge in [-0.05, 0) is 25.0 Å². The Hall–Kier alpha value is -1.91. The summed E-state index contributed by atoms with van der Waals surface area (Å²) in [5.74, 6) is 0.242. The van der Waals surface area contributed by atoms with Crippen LogP contribution in [0.1, 0.15) is 37.0 Å². The van der Waals surface area contributed by atoms with E-state index in [1.807, 2.05) is 13.8 Å². The number of nitrogens with zero attached hydrogens (tertiary/aromatic N) is 2. The molecule has 0 unspecified atom stereocenters. The van der Waals surface area contributed by atoms with E-state index in [0.717, 1.165) is 12.8 Å². The minimum absolute atomic E-state index is 0.0806. The van der Waals surface area contributed by atoms with E-state index in [1.165, 1.54) is 13.3 Å². The Kier molecular flexibility index (Phi) is 3.55. The van der Waals surface area contributed by atoms with Crippen LogP contribution in [0.2, 0.25) is 0 Å². The number of carbonyl (C=O) groups is 2. The lowest BCUT2D eigenvalue weighted by molar-refractivity contribution is -0.128. The number of pyridine rings is 1. The third-order valence-electron chi connectivity index (χ3n) is 3.45. The normalized spacial score (nSPS) is 18.3. The number of piperidine rings is 1. The van der Waals surface area contributed by atoms with Crippen LogP contribution in [0.3, 0.4) is 0 Å². The van der Waals surface area contributed by atoms with E-state index in [1.54, 1.807) is 17.0 Å². The third-order valence-corrected chi connectivity index (χ3v) is 3.45. The van der Waals surface area contributed by atoms with Gasteiger partial charge in [-0.3, -0.25) is 9.69 Å². The van der Waals surface area contributed by atoms with E-state index < -0.39 is 5.97 Å². The smallest absolute Gasteiger partial charge is 0.339 e. The molecular weight excluding hydrogens is 244 g/mol. The highest BCUT2D eigenvalue weighted by molar-refractivity contribution is 5.97. The van der Waals surface area contributed by atoms with Crippen molar-refractivity contribution in [3.63, 3.8) is 0 Å². The SMILES string of the molecule is COC(=O)c1ccc(N2CCCC(C)(C)C2=O)nc1. The molecule has 19 heavy (non-hydrogen) atoms. The van der Waals surface area contributed by atoms with Gasteiger partial charge in [0, 0.05) is 18.2 Å². The number of hydrogen-bond donors (Lipinski definition) is 0. The van der Waals surface area contributed by atoms with E-state index in [2.05, 4.69) is 9.72 Å². The molecule has 1 aromatic rings. The van der Waals surface area contributed by atoms with E-state index in [4.69, 9.17) is 0 Å². The zero-order valence-corrected chi connectivity index (χ0v) is 11.5. The summed E-state index contributed by atoms with van der Waals surface area (Å²) in [6.45, 7) is 4.57. The van der Waals surface area contributed by atoms with Crippen LogP contribution in [0.5, 0.6) is 0 Å². The van der Waals surface area contributed by atoms with Crippen molar-refractivity contribution >= 4 is 17.7 Å². The summed E-state index contributed by atoms with van der Waals surface area (Å²) < 4.78 is 4.62. The number of hydrogen-bond acceptors (Lipinski definition) is 4. The summed E-state index contributed by atoms with van der Waals surface area (Å²) >= 11 is 0. The van der Waals surface area contributed by atoms with Crippen LogP contribution in [-0.2, 0) is 9.53 Å². The van der Waals surface area contributed by atoms with Crippen molar-refractivity contribution in [2.45, 2.75) is 26.7 Å². The summed E-state index contributed by atoms with van der Waals surface area (Å²) in [5.41, 5.74) is 0.0380. The molecule has 5 nitrogen and oxygen atoms in total. The van der Waals surface area contributed by atoms with Crippen LogP contribution in [0.4, 0.5) is 5.82 Å². The van der Waals surface area contributed by atoms with Crippen molar-refractivity contribution in [1.29, 1.82) is 0 Å². The fourth-order valence-corrected chi connectivity index (χ4v) is 2.26. The highest BCUT2D eigenvalue weighted by Gasteiger charge is 2.36. The van der Waals surface area contributed by atoms with Crippen LogP contribution in [0, 0.1) is 5.41 Å². The van der Waals surface area contributed by atoms with Gasteiger partial charge in [-0.15, -0.1) is 0 Å². The predicted molar refractivity (Wildman–Crippen MR) is 70.9 cm³/mol. The lowest BCUT2D eigenvalue weighted by atomic mass is 9.83. The molecule has 1 aliphatic heterocycles. The Labute approximate surface area is 112 Å². The van der Waals surface area contributed by atoms with Crippen LogP contribution in [0.25, 0.3) is 0 Å². The second kappa shape index (κ2) is 4.99. The van der Waals surface area contributed by atoms with Gasteiger partial charge in [-0.2, -0.15) is 0 Å². The van der Waals surface area contributed by atoms with Crippen LogP contribution in [0.15, 0.2) is 18.3 Å². The van der Waals surface area contributed by atoms with E-state index in [9.17, 15) is 9.59 Å². The summed E-state index contributed by atoms with van der Waals surface area (Å²) in [4.78, 5) is 29.5. The Morgan fingerprint density at radius 1 is 1.42 bits per heavy atom. The molecular formula is C14H18N2O3. The number of rotatable bonds is 2. The first-order valence-electron chi connectivity index (χ1n) is 6.32. The fourth-order valence-electron chi connectivity index (χ4n) is 2.26. The van der Waals surface area contributed by atoms with Gasteiger partial charge in [0.15, 0.2) is 0 Å². The van der Waals surface area contributed by atoms with Gasteiger partial charge >= 0.3 is 5.97 Å². The average molecular weight is 262 g/mol. The third kappa shape index (κ3) is 2.59. The maximum atomic E-state index is 12.3. The Morgan fingerprint density at radius 3 is 2.74 bits per heavy atom. The number of esters is 1. The molecule has 2 heterocycles. The van der Waals surface area contributed by atoms with Crippen molar-refractivity contribution < 1.29 is 14.3 Å². The minimum atomic E-state index is -0.427. The average Bonchev–Trinajstić information content (AvgIpc) is 2.41. The van der Waals surface area contributed by atoms with Gasteiger partial charge in [-0.25, -0.2) is 9.78 Å². The zero-order valence-electron chi connectivity index (χ0n) is 11.5. The molecule has 2 rings (SSSR count). The van der Waals surface area contributed by atoms with Crippen molar-refractivity contribution in [3.8, 4) is 0 Å². The monoisotopic (exact) mass is 262 g/mol. The molecule has 0 aromatic carbocycles. The molecule has 0 saturated carbocycles. The Balaban J connectivity index is 2.22. The van der Waals surface area contributed by atoms with E-state index in [0.29, 0.717) is 17.9 Å². The van der Waals surface area contributed by atoms with E-state index in [-0.39, 0.29) is 11.3 Å². The number of methoxy groups -OCH3 is 1. The summed E-state index contributed by atoms with van der Waals surface area (Å²) in [6, 6.07) is 3.31. The first kappa shape index (κ1) is 13.5. The predicted octanol–water partition coefficient (Wildman–Crippen LogP) is 2.02. The Morgan fingerprint density at radius 2 is 2.16 bits per heavy atom. The molecule has 1 fully saturated rings. The molecule has 0 spiro atoms. The lowest BCUT2D eigenvalue weighted by Crippen LogP contribution is -2.46. The molecule has 0 N–H and O–H groups in total. The summed E-state index contributed by atoms with van der Waals surface area (Å²) in [6.07, 6.45) is 3.29. The largest absolute Gasteiger partial charge is 0.465 e. The summed E-state index contributed by atoms with van der Waals surface area (Å²) in [5, 5.41) is 0. The fraction of sp³-hybridized carbons (Fsp3) is 0.500. The maximum Gasteiger partial charge on any atom is 0.339 e. The molecule has 1 saturated heterocycles. The van der Waals surface area contributed by atoms with Crippen LogP contribution in [-0.4, -0.2) is 30.5 Å².